The Balaban J connectivity index is 1.44. The number of hydrogen-bond acceptors (Lipinski definition) is 6. The first-order chi connectivity index (χ1) is 12.7. The lowest BCUT2D eigenvalue weighted by Crippen LogP contribution is -2.49. The smallest absolute Gasteiger partial charge is 0.309 e. The number of thiophene rings is 1. The third-order valence-electron chi connectivity index (χ3n) is 5.10. The summed E-state index contributed by atoms with van der Waals surface area (Å²) in [6, 6.07) is 4.13. The molecule has 0 saturated carbocycles. The molecule has 26 heavy (non-hydrogen) atoms. The number of nitrogens with zero attached hydrogens (tertiary/aromatic N) is 1. The monoisotopic (exact) mass is 381 g/mol. The maximum Gasteiger partial charge on any atom is 0.309 e. The molecule has 0 aromatic carbocycles. The molecule has 2 fully saturated rings. The van der Waals surface area contributed by atoms with Gasteiger partial charge in [0.1, 0.15) is 0 Å². The number of amides is 2. The molecule has 0 radical (unpaired) electrons. The molecule has 8 heteroatoms. The second-order valence-corrected chi connectivity index (χ2v) is 7.71. The van der Waals surface area contributed by atoms with Crippen molar-refractivity contribution in [3.63, 3.8) is 0 Å². The lowest BCUT2D eigenvalue weighted by molar-refractivity contribution is -0.139. The molecule has 7 nitrogen and oxygen atoms in total. The molecule has 144 valence electrons. The molecular weight excluding hydrogens is 354 g/mol. The minimum absolute atomic E-state index is 0.129. The molecule has 0 atom stereocenters. The van der Waals surface area contributed by atoms with Gasteiger partial charge in [-0.3, -0.25) is 14.5 Å². The summed E-state index contributed by atoms with van der Waals surface area (Å²) in [4.78, 5) is 27.7. The molecule has 0 bridgehead atoms. The first-order valence-electron chi connectivity index (χ1n) is 9.17. The highest BCUT2D eigenvalue weighted by atomic mass is 32.1. The summed E-state index contributed by atoms with van der Waals surface area (Å²) in [5.41, 5.74) is -0.129. The highest BCUT2D eigenvalue weighted by Crippen LogP contribution is 2.36. The van der Waals surface area contributed by atoms with Crippen molar-refractivity contribution >= 4 is 23.2 Å². The van der Waals surface area contributed by atoms with Crippen molar-refractivity contribution in [3.05, 3.63) is 22.4 Å². The number of ether oxygens (including phenoxy) is 2. The molecule has 2 aliphatic rings. The van der Waals surface area contributed by atoms with Crippen LogP contribution >= 0.6 is 11.3 Å². The summed E-state index contributed by atoms with van der Waals surface area (Å²) in [6.45, 7) is 6.22. The van der Waals surface area contributed by atoms with E-state index in [-0.39, 0.29) is 5.41 Å². The standard InChI is InChI=1S/C18H27N3O4S/c22-16(19-5-6-21-7-11-25-12-8-21)17(23)20-14-18(3-9-24-10-4-18)15-2-1-13-26-15/h1-2,13H,3-12,14H2,(H,19,22)(H,20,23). The Kier molecular flexibility index (Phi) is 7.01. The van der Waals surface area contributed by atoms with E-state index in [2.05, 4.69) is 21.6 Å². The number of carbonyl (C=O) groups excluding carboxylic acids is 2. The number of hydrogen-bond donors (Lipinski definition) is 2. The molecule has 2 saturated heterocycles. The number of carbonyl (C=O) groups is 2. The second kappa shape index (κ2) is 9.45. The van der Waals surface area contributed by atoms with Crippen LogP contribution in [0.1, 0.15) is 17.7 Å². The maximum absolute atomic E-state index is 12.2. The first-order valence-corrected chi connectivity index (χ1v) is 10.1. The van der Waals surface area contributed by atoms with Gasteiger partial charge in [0.15, 0.2) is 0 Å². The van der Waals surface area contributed by atoms with Crippen molar-refractivity contribution in [1.82, 2.24) is 15.5 Å². The predicted molar refractivity (Wildman–Crippen MR) is 99.3 cm³/mol. The number of nitrogens with one attached hydrogen (secondary N) is 2. The van der Waals surface area contributed by atoms with Crippen molar-refractivity contribution in [1.29, 1.82) is 0 Å². The number of morpholine rings is 1. The summed E-state index contributed by atoms with van der Waals surface area (Å²) >= 11 is 1.69. The fourth-order valence-corrected chi connectivity index (χ4v) is 4.40. The molecule has 0 aliphatic carbocycles. The second-order valence-electron chi connectivity index (χ2n) is 6.76. The van der Waals surface area contributed by atoms with Gasteiger partial charge in [-0.1, -0.05) is 6.07 Å². The fourth-order valence-electron chi connectivity index (χ4n) is 3.42. The minimum Gasteiger partial charge on any atom is -0.381 e. The van der Waals surface area contributed by atoms with Gasteiger partial charge in [0.25, 0.3) is 0 Å². The van der Waals surface area contributed by atoms with E-state index >= 15 is 0 Å². The third-order valence-corrected chi connectivity index (χ3v) is 6.22. The van der Waals surface area contributed by atoms with Crippen LogP contribution in [-0.4, -0.2) is 75.9 Å². The van der Waals surface area contributed by atoms with Crippen LogP contribution in [0.5, 0.6) is 0 Å². The van der Waals surface area contributed by atoms with Crippen LogP contribution in [0.15, 0.2) is 17.5 Å². The fraction of sp³-hybridized carbons (Fsp3) is 0.667. The Morgan fingerprint density at radius 3 is 2.46 bits per heavy atom. The van der Waals surface area contributed by atoms with Gasteiger partial charge in [-0.15, -0.1) is 11.3 Å². The SMILES string of the molecule is O=C(NCCN1CCOCC1)C(=O)NCC1(c2cccs2)CCOCC1. The van der Waals surface area contributed by atoms with Gasteiger partial charge >= 0.3 is 11.8 Å². The summed E-state index contributed by atoms with van der Waals surface area (Å²) < 4.78 is 10.8. The van der Waals surface area contributed by atoms with Crippen LogP contribution in [-0.2, 0) is 24.5 Å². The lowest BCUT2D eigenvalue weighted by Gasteiger charge is -2.36. The molecule has 1 aromatic heterocycles. The highest BCUT2D eigenvalue weighted by Gasteiger charge is 2.36. The minimum atomic E-state index is -0.563. The molecule has 1 aromatic rings. The van der Waals surface area contributed by atoms with Crippen LogP contribution in [0, 0.1) is 0 Å². The molecule has 3 heterocycles. The Bertz CT molecular complexity index is 581. The van der Waals surface area contributed by atoms with Crippen molar-refractivity contribution in [2.75, 3.05) is 59.2 Å². The largest absolute Gasteiger partial charge is 0.381 e. The summed E-state index contributed by atoms with van der Waals surface area (Å²) in [5, 5.41) is 7.59. The zero-order valence-corrected chi connectivity index (χ0v) is 15.8. The molecule has 3 rings (SSSR count). The molecule has 2 amide bonds. The highest BCUT2D eigenvalue weighted by molar-refractivity contribution is 7.10. The summed E-state index contributed by atoms with van der Waals surface area (Å²) in [5.74, 6) is -1.12. The first kappa shape index (κ1) is 19.3. The van der Waals surface area contributed by atoms with Gasteiger partial charge in [0.05, 0.1) is 13.2 Å². The van der Waals surface area contributed by atoms with Crippen LogP contribution in [0.3, 0.4) is 0 Å². The van der Waals surface area contributed by atoms with E-state index in [0.717, 1.165) is 45.7 Å². The quantitative estimate of drug-likeness (QED) is 0.696. The van der Waals surface area contributed by atoms with E-state index in [0.29, 0.717) is 26.3 Å². The van der Waals surface area contributed by atoms with Crippen LogP contribution in [0.4, 0.5) is 0 Å². The van der Waals surface area contributed by atoms with Gasteiger partial charge in [0.2, 0.25) is 0 Å². The molecular formula is C18H27N3O4S. The summed E-state index contributed by atoms with van der Waals surface area (Å²) in [6.07, 6.45) is 1.71. The molecule has 2 N–H and O–H groups in total. The van der Waals surface area contributed by atoms with Crippen LogP contribution < -0.4 is 10.6 Å². The van der Waals surface area contributed by atoms with Crippen molar-refractivity contribution in [3.8, 4) is 0 Å². The van der Waals surface area contributed by atoms with Gasteiger partial charge < -0.3 is 20.1 Å². The molecule has 0 unspecified atom stereocenters. The average molecular weight is 381 g/mol. The van der Waals surface area contributed by atoms with E-state index < -0.39 is 11.8 Å². The maximum atomic E-state index is 12.2. The summed E-state index contributed by atoms with van der Waals surface area (Å²) in [7, 11) is 0. The van der Waals surface area contributed by atoms with E-state index in [1.54, 1.807) is 11.3 Å². The Hall–Kier alpha value is -1.48. The lowest BCUT2D eigenvalue weighted by atomic mass is 9.78. The van der Waals surface area contributed by atoms with E-state index in [1.165, 1.54) is 4.88 Å². The van der Waals surface area contributed by atoms with Crippen molar-refractivity contribution in [2.45, 2.75) is 18.3 Å². The predicted octanol–water partition coefficient (Wildman–Crippen LogP) is 0.361. The van der Waals surface area contributed by atoms with Crippen molar-refractivity contribution < 1.29 is 19.1 Å². The van der Waals surface area contributed by atoms with E-state index in [4.69, 9.17) is 9.47 Å². The zero-order valence-electron chi connectivity index (χ0n) is 15.0. The molecule has 2 aliphatic heterocycles. The van der Waals surface area contributed by atoms with Gasteiger partial charge in [-0.05, 0) is 24.3 Å². The Labute approximate surface area is 158 Å². The average Bonchev–Trinajstić information content (AvgIpc) is 3.23. The molecule has 0 spiro atoms. The Morgan fingerprint density at radius 2 is 1.77 bits per heavy atom. The van der Waals surface area contributed by atoms with E-state index in [1.807, 2.05) is 11.4 Å². The van der Waals surface area contributed by atoms with Gasteiger partial charge in [-0.2, -0.15) is 0 Å². The van der Waals surface area contributed by atoms with Crippen LogP contribution in [0.2, 0.25) is 0 Å². The zero-order chi connectivity index (χ0) is 18.2. The third kappa shape index (κ3) is 5.03. The number of rotatable bonds is 6. The van der Waals surface area contributed by atoms with Gasteiger partial charge in [-0.25, -0.2) is 0 Å². The van der Waals surface area contributed by atoms with Crippen molar-refractivity contribution in [2.24, 2.45) is 0 Å². The topological polar surface area (TPSA) is 79.9 Å². The Morgan fingerprint density at radius 1 is 1.08 bits per heavy atom. The van der Waals surface area contributed by atoms with E-state index in [9.17, 15) is 9.59 Å². The van der Waals surface area contributed by atoms with Gasteiger partial charge in [0, 0.05) is 56.2 Å². The van der Waals surface area contributed by atoms with Crippen LogP contribution in [0.25, 0.3) is 0 Å². The normalized spacial score (nSPS) is 20.5.